The highest BCUT2D eigenvalue weighted by atomic mass is 32.1. The highest BCUT2D eigenvalue weighted by molar-refractivity contribution is 7.96. The van der Waals surface area contributed by atoms with E-state index < -0.39 is 24.6 Å². The summed E-state index contributed by atoms with van der Waals surface area (Å²) >= 11 is 3.33. The molecular formula is C35H66O6S. The average molecular weight is 615 g/mol. The van der Waals surface area contributed by atoms with Crippen LogP contribution in [0.4, 0.5) is 0 Å². The summed E-state index contributed by atoms with van der Waals surface area (Å²) in [5.41, 5.74) is 0. The Kier molecular flexibility index (Phi) is 31.5. The Morgan fingerprint density at radius 3 is 1.57 bits per heavy atom. The van der Waals surface area contributed by atoms with E-state index in [-0.39, 0.29) is 36.7 Å². The number of carbonyl (C=O) groups is 3. The van der Waals surface area contributed by atoms with Crippen molar-refractivity contribution in [2.24, 2.45) is 0 Å². The van der Waals surface area contributed by atoms with E-state index in [1.165, 1.54) is 64.7 Å². The van der Waals surface area contributed by atoms with Gasteiger partial charge in [-0.25, -0.2) is 4.79 Å². The molecule has 1 N–H and O–H groups in total. The number of aliphatic hydroxyl groups is 1. The summed E-state index contributed by atoms with van der Waals surface area (Å²) < 4.78 is 10.1. The largest absolute Gasteiger partial charge is 0.456 e. The van der Waals surface area contributed by atoms with Crippen LogP contribution in [-0.2, 0) is 23.9 Å². The Hall–Kier alpha value is -4.16. The second kappa shape index (κ2) is 33.0. The molecule has 0 aliphatic carbocycles. The van der Waals surface area contributed by atoms with E-state index >= 15 is 0 Å². The van der Waals surface area contributed by atoms with Gasteiger partial charge in [-0.3, -0.25) is 9.59 Å². The van der Waals surface area contributed by atoms with Gasteiger partial charge in [0, 0.05) is 37.8 Å². The summed E-state index contributed by atoms with van der Waals surface area (Å²) in [6.45, 7) is 2.88. The van der Waals surface area contributed by atoms with Crippen LogP contribution in [0.2, 0.25) is 0 Å². The van der Waals surface area contributed by atoms with Gasteiger partial charge >= 0.3 is 11.9 Å². The quantitative estimate of drug-likeness (QED) is 0.0570. The van der Waals surface area contributed by atoms with E-state index in [0.717, 1.165) is 19.3 Å². The third-order valence-corrected chi connectivity index (χ3v) is 5.00. The van der Waals surface area contributed by atoms with Crippen molar-refractivity contribution in [1.82, 2.24) is 0 Å². The van der Waals surface area contributed by atoms with Crippen LogP contribution in [0.25, 0.3) is 0 Å². The predicted octanol–water partition coefficient (Wildman–Crippen LogP) is 7.84. The third kappa shape index (κ3) is 35.8. The molecule has 0 saturated carbocycles. The lowest BCUT2D eigenvalue weighted by atomic mass is 10.0. The first-order valence-corrected chi connectivity index (χ1v) is 14.4. The van der Waals surface area contributed by atoms with Gasteiger partial charge in [-0.2, -0.15) is 0 Å². The summed E-state index contributed by atoms with van der Waals surface area (Å²) in [5, 5.41) is 9.23. The second-order valence-corrected chi connectivity index (χ2v) is 9.33. The van der Waals surface area contributed by atoms with Crippen molar-refractivity contribution >= 4 is 29.7 Å². The molecule has 0 aliphatic heterocycles. The summed E-state index contributed by atoms with van der Waals surface area (Å²) in [6, 6.07) is 0. The van der Waals surface area contributed by atoms with E-state index in [9.17, 15) is 19.5 Å². The smallest absolute Gasteiger partial charge is 0.385 e. The molecule has 0 spiro atoms. The molecule has 0 aromatic carbocycles. The third-order valence-electron chi connectivity index (χ3n) is 5.00. The first-order valence-electron chi connectivity index (χ1n) is 14.0. The molecule has 0 aromatic rings. The highest BCUT2D eigenvalue weighted by Gasteiger charge is 2.15. The number of hydrogen-bond acceptors (Lipinski definition) is 6. The monoisotopic (exact) mass is 614 g/mol. The lowest BCUT2D eigenvalue weighted by Gasteiger charge is -2.14. The molecule has 42 heavy (non-hydrogen) atoms. The van der Waals surface area contributed by atoms with Crippen molar-refractivity contribution in [3.05, 3.63) is 0 Å². The molecule has 0 saturated heterocycles. The Morgan fingerprint density at radius 1 is 0.738 bits per heavy atom. The number of thiol groups is 1. The van der Waals surface area contributed by atoms with Crippen LogP contribution in [-0.4, -0.2) is 41.5 Å². The van der Waals surface area contributed by atoms with E-state index in [0.29, 0.717) is 0 Å². The molecule has 7 heteroatoms. The minimum atomic E-state index is -0.929. The SMILES string of the molecule is C#CC#CC#CC#CC#CC#CC#CC(=O)OC[C@H](CO)OC(=O)CCCCCCCCCCCCCC.CC(=O)S.[HH].[HH].[HH].[HH].[HH].[HH].[HH].[HH].[HH].[HH].[HH].[HH].[HH]. The molecule has 0 radical (unpaired) electrons. The Labute approximate surface area is 277 Å². The molecule has 248 valence electrons. The molecule has 0 aliphatic rings. The van der Waals surface area contributed by atoms with Crippen LogP contribution < -0.4 is 0 Å². The van der Waals surface area contributed by atoms with Crippen molar-refractivity contribution in [2.75, 3.05) is 13.2 Å². The topological polar surface area (TPSA) is 89.9 Å². The molecular weight excluding hydrogens is 548 g/mol. The van der Waals surface area contributed by atoms with Gasteiger partial charge in [-0.05, 0) is 77.5 Å². The van der Waals surface area contributed by atoms with Gasteiger partial charge < -0.3 is 14.6 Å². The van der Waals surface area contributed by atoms with Crippen LogP contribution in [0, 0.1) is 83.4 Å². The van der Waals surface area contributed by atoms with Crippen LogP contribution in [0.5, 0.6) is 0 Å². The molecule has 0 amide bonds. The first kappa shape index (κ1) is 40.0. The standard InChI is InChI=1S/C33H36O5.C2H4OS.13H2/c1-3-5-7-9-11-13-15-17-19-21-23-25-27-32(35)37-30-31(29-34)38-33(36)28-26-24-22-20-18-16-14-12-10-8-6-4-2;1-2(3)4;;;;;;;;;;;;;/h1,31,34H,4,6,8,10,12,14,16,18,20,22,24,26,28-30H2,2H3;1H3,(H,3,4);13*1H/t31-;;;;;;;;;;;;;;/m0............../s1. The number of ether oxygens (including phenoxy) is 2. The lowest BCUT2D eigenvalue weighted by Crippen LogP contribution is -2.28. The number of aliphatic hydroxyl groups excluding tert-OH is 1. The molecule has 0 fully saturated rings. The van der Waals surface area contributed by atoms with Crippen LogP contribution in [0.15, 0.2) is 0 Å². The second-order valence-electron chi connectivity index (χ2n) is 8.70. The van der Waals surface area contributed by atoms with Crippen LogP contribution in [0.3, 0.4) is 0 Å². The molecule has 0 heterocycles. The average Bonchev–Trinajstić information content (AvgIpc) is 2.96. The summed E-state index contributed by atoms with van der Waals surface area (Å²) in [4.78, 5) is 32.9. The maximum Gasteiger partial charge on any atom is 0.385 e. The number of carbonyl (C=O) groups excluding carboxylic acids is 3. The predicted molar refractivity (Wildman–Crippen MR) is 196 cm³/mol. The van der Waals surface area contributed by atoms with Gasteiger partial charge in [0.2, 0.25) is 0 Å². The highest BCUT2D eigenvalue weighted by Crippen LogP contribution is 2.12. The fraction of sp³-hybridized carbons (Fsp3) is 0.514. The fourth-order valence-electron chi connectivity index (χ4n) is 3.08. The van der Waals surface area contributed by atoms with Crippen molar-refractivity contribution in [3.8, 4) is 83.4 Å². The van der Waals surface area contributed by atoms with Gasteiger partial charge in [0.05, 0.1) is 6.61 Å². The van der Waals surface area contributed by atoms with E-state index in [1.54, 1.807) is 0 Å². The maximum atomic E-state index is 12.0. The van der Waals surface area contributed by atoms with Gasteiger partial charge in [-0.15, -0.1) is 19.1 Å². The minimum absolute atomic E-state index is 0. The number of terminal acetylenes is 1. The molecule has 1 atom stereocenters. The number of unbranched alkanes of at least 4 members (excludes halogenated alkanes) is 11. The van der Waals surface area contributed by atoms with Gasteiger partial charge in [0.1, 0.15) is 6.61 Å². The van der Waals surface area contributed by atoms with Gasteiger partial charge in [0.15, 0.2) is 11.2 Å². The van der Waals surface area contributed by atoms with Crippen LogP contribution in [0.1, 0.15) is 116 Å². The van der Waals surface area contributed by atoms with Crippen molar-refractivity contribution in [1.29, 1.82) is 0 Å². The number of esters is 2. The van der Waals surface area contributed by atoms with Gasteiger partial charge in [0.25, 0.3) is 0 Å². The fourth-order valence-corrected chi connectivity index (χ4v) is 3.08. The summed E-state index contributed by atoms with van der Waals surface area (Å²) in [7, 11) is 0. The maximum absolute atomic E-state index is 12.0. The Bertz CT molecular complexity index is 1260. The summed E-state index contributed by atoms with van der Waals surface area (Å²) in [5.74, 6) is 29.3. The van der Waals surface area contributed by atoms with Gasteiger partial charge in [-0.1, -0.05) is 77.6 Å². The zero-order valence-electron chi connectivity index (χ0n) is 24.7. The van der Waals surface area contributed by atoms with Crippen LogP contribution >= 0.6 is 12.6 Å². The first-order chi connectivity index (χ1) is 20.4. The zero-order chi connectivity index (χ0) is 31.5. The number of rotatable bonds is 17. The Balaban J connectivity index is -0.0000000688. The van der Waals surface area contributed by atoms with E-state index in [1.807, 2.05) is 0 Å². The minimum Gasteiger partial charge on any atom is -0.456 e. The molecule has 6 nitrogen and oxygen atoms in total. The Morgan fingerprint density at radius 2 is 1.14 bits per heavy atom. The molecule has 0 bridgehead atoms. The summed E-state index contributed by atoms with van der Waals surface area (Å²) in [6.07, 6.45) is 18.8. The zero-order valence-corrected chi connectivity index (χ0v) is 25.6. The van der Waals surface area contributed by atoms with E-state index in [4.69, 9.17) is 15.9 Å². The van der Waals surface area contributed by atoms with Crippen molar-refractivity contribution < 1.29 is 47.5 Å². The molecule has 0 unspecified atom stereocenters. The van der Waals surface area contributed by atoms with Crippen molar-refractivity contribution in [2.45, 2.75) is 103 Å². The van der Waals surface area contributed by atoms with Crippen molar-refractivity contribution in [3.63, 3.8) is 0 Å². The molecule has 0 aromatic heterocycles. The number of hydrogen-bond donors (Lipinski definition) is 2. The van der Waals surface area contributed by atoms with E-state index in [2.05, 4.69) is 96.5 Å². The lowest BCUT2D eigenvalue weighted by molar-refractivity contribution is -0.159. The normalized spacial score (nSPS) is 8.93. The molecule has 0 rings (SSSR count).